The van der Waals surface area contributed by atoms with Gasteiger partial charge in [-0.25, -0.2) is 0 Å². The molecule has 4 heterocycles. The van der Waals surface area contributed by atoms with Crippen LogP contribution >= 0.6 is 0 Å². The van der Waals surface area contributed by atoms with Crippen LogP contribution in [0.15, 0.2) is 0 Å². The third kappa shape index (κ3) is 7.96. The van der Waals surface area contributed by atoms with Gasteiger partial charge in [0.2, 0.25) is 0 Å². The van der Waals surface area contributed by atoms with Gasteiger partial charge in [-0.3, -0.25) is 0 Å². The molecule has 0 unspecified atom stereocenters. The number of methoxy groups -OCH3 is 4. The fraction of sp³-hybridized carbons (Fsp3) is 1.00. The molecule has 4 aliphatic heterocycles. The van der Waals surface area contributed by atoms with E-state index in [1.807, 2.05) is 20.8 Å². The van der Waals surface area contributed by atoms with E-state index in [1.54, 1.807) is 35.4 Å². The zero-order chi connectivity index (χ0) is 29.8. The fourth-order valence-electron chi connectivity index (χ4n) is 6.33. The standard InChI is InChI=1S/C28H50O13/c1-13-25(30)17(31-5)10-22(36-13)39-27-15(3)38-24(12-19(27)33-7)41-28-16(4)37-23(11-20(28)34-8)40-26-14(2)35-21(29)9-18(26)32-6/h13-30H,9-12H2,1-8H3/t13-,14+,15-,16+,17-,18-,19-,20-,21+,22+,23-,24+,25-,26+,27-,28+/m1/s1. The summed E-state index contributed by atoms with van der Waals surface area (Å²) in [6.45, 7) is 7.47. The van der Waals surface area contributed by atoms with E-state index in [-0.39, 0.29) is 42.7 Å². The highest BCUT2D eigenvalue weighted by Crippen LogP contribution is 2.35. The summed E-state index contributed by atoms with van der Waals surface area (Å²) in [7, 11) is 6.43. The number of ether oxygens (including phenoxy) is 11. The Bertz CT molecular complexity index is 790. The summed E-state index contributed by atoms with van der Waals surface area (Å²) in [6, 6.07) is 0. The zero-order valence-corrected chi connectivity index (χ0v) is 25.5. The lowest BCUT2D eigenvalue weighted by Gasteiger charge is -2.46. The highest BCUT2D eigenvalue weighted by Gasteiger charge is 2.47. The summed E-state index contributed by atoms with van der Waals surface area (Å²) >= 11 is 0. The van der Waals surface area contributed by atoms with E-state index in [1.165, 1.54) is 0 Å². The van der Waals surface area contributed by atoms with Crippen LogP contribution in [-0.4, -0.2) is 137 Å². The molecule has 0 bridgehead atoms. The van der Waals surface area contributed by atoms with Crippen molar-refractivity contribution in [1.82, 2.24) is 0 Å². The van der Waals surface area contributed by atoms with Crippen LogP contribution in [0.1, 0.15) is 53.4 Å². The minimum absolute atomic E-state index is 0.316. The first-order valence-corrected chi connectivity index (χ1v) is 14.6. The molecular weight excluding hydrogens is 544 g/mol. The molecular formula is C28H50O13. The van der Waals surface area contributed by atoms with E-state index in [2.05, 4.69) is 0 Å². The molecule has 16 atom stereocenters. The SMILES string of the molecule is CO[C@@H]1C[C@H](O[C@@H]2[C@@H](C)O[C@@H](O[C@H]3[C@H](C)O[C@H](O[C@H]4[C@H](C)O[C@H](O)C[C@H]4OC)C[C@H]3OC)C[C@H]2OC)O[C@H](C)[C@H]1O. The van der Waals surface area contributed by atoms with E-state index >= 15 is 0 Å². The molecule has 4 saturated heterocycles. The Hall–Kier alpha value is -0.520. The predicted molar refractivity (Wildman–Crippen MR) is 142 cm³/mol. The first-order valence-electron chi connectivity index (χ1n) is 14.6. The zero-order valence-electron chi connectivity index (χ0n) is 25.5. The van der Waals surface area contributed by atoms with Gasteiger partial charge in [0.15, 0.2) is 25.2 Å². The van der Waals surface area contributed by atoms with Crippen LogP contribution in [-0.2, 0) is 52.1 Å². The number of aliphatic hydroxyl groups excluding tert-OH is 2. The molecule has 0 aromatic rings. The van der Waals surface area contributed by atoms with Crippen LogP contribution in [0.25, 0.3) is 0 Å². The van der Waals surface area contributed by atoms with Gasteiger partial charge in [0.25, 0.3) is 0 Å². The second-order valence-corrected chi connectivity index (χ2v) is 11.4. The number of hydrogen-bond donors (Lipinski definition) is 2. The first-order chi connectivity index (χ1) is 19.6. The molecule has 240 valence electrons. The molecule has 0 aliphatic carbocycles. The summed E-state index contributed by atoms with van der Waals surface area (Å²) < 4.78 is 65.6. The molecule has 0 saturated carbocycles. The van der Waals surface area contributed by atoms with Gasteiger partial charge in [-0.1, -0.05) is 0 Å². The van der Waals surface area contributed by atoms with Crippen LogP contribution in [0.2, 0.25) is 0 Å². The number of hydrogen-bond acceptors (Lipinski definition) is 13. The lowest BCUT2D eigenvalue weighted by atomic mass is 9.98. The molecule has 0 aromatic carbocycles. The lowest BCUT2D eigenvalue weighted by molar-refractivity contribution is -0.345. The van der Waals surface area contributed by atoms with Crippen molar-refractivity contribution in [2.24, 2.45) is 0 Å². The molecule has 2 N–H and O–H groups in total. The summed E-state index contributed by atoms with van der Waals surface area (Å²) in [6.07, 6.45) is -5.86. The first kappa shape index (κ1) is 33.4. The van der Waals surface area contributed by atoms with Gasteiger partial charge in [0.1, 0.15) is 24.4 Å². The highest BCUT2D eigenvalue weighted by atomic mass is 16.8. The Morgan fingerprint density at radius 1 is 0.463 bits per heavy atom. The Morgan fingerprint density at radius 2 is 0.805 bits per heavy atom. The predicted octanol–water partition coefficient (Wildman–Crippen LogP) is 1.09. The topological polar surface area (TPSA) is 142 Å². The van der Waals surface area contributed by atoms with E-state index < -0.39 is 55.7 Å². The fourth-order valence-corrected chi connectivity index (χ4v) is 6.33. The Labute approximate surface area is 242 Å². The lowest BCUT2D eigenvalue weighted by Crippen LogP contribution is -2.57. The van der Waals surface area contributed by atoms with Crippen molar-refractivity contribution in [3.8, 4) is 0 Å². The quantitative estimate of drug-likeness (QED) is 0.373. The van der Waals surface area contributed by atoms with E-state index in [4.69, 9.17) is 52.1 Å². The molecule has 13 heteroatoms. The molecule has 4 fully saturated rings. The van der Waals surface area contributed by atoms with Gasteiger partial charge in [-0.05, 0) is 27.7 Å². The Kier molecular flexibility index (Phi) is 12.2. The van der Waals surface area contributed by atoms with Crippen molar-refractivity contribution in [3.63, 3.8) is 0 Å². The highest BCUT2D eigenvalue weighted by molar-refractivity contribution is 4.90. The largest absolute Gasteiger partial charge is 0.388 e. The van der Waals surface area contributed by atoms with Crippen molar-refractivity contribution >= 4 is 0 Å². The van der Waals surface area contributed by atoms with Gasteiger partial charge < -0.3 is 62.3 Å². The van der Waals surface area contributed by atoms with Gasteiger partial charge in [-0.2, -0.15) is 0 Å². The molecule has 41 heavy (non-hydrogen) atoms. The van der Waals surface area contributed by atoms with Gasteiger partial charge in [-0.15, -0.1) is 0 Å². The number of rotatable bonds is 10. The molecule has 13 nitrogen and oxygen atoms in total. The normalized spacial score (nSPS) is 49.6. The summed E-state index contributed by atoms with van der Waals surface area (Å²) in [5, 5.41) is 20.2. The van der Waals surface area contributed by atoms with Crippen molar-refractivity contribution < 1.29 is 62.3 Å². The summed E-state index contributed by atoms with van der Waals surface area (Å²) in [5.41, 5.74) is 0. The van der Waals surface area contributed by atoms with Crippen molar-refractivity contribution in [2.75, 3.05) is 28.4 Å². The molecule has 0 spiro atoms. The van der Waals surface area contributed by atoms with Crippen LogP contribution in [0, 0.1) is 0 Å². The molecule has 0 aromatic heterocycles. The van der Waals surface area contributed by atoms with Crippen molar-refractivity contribution in [3.05, 3.63) is 0 Å². The smallest absolute Gasteiger partial charge is 0.161 e. The van der Waals surface area contributed by atoms with Crippen LogP contribution < -0.4 is 0 Å². The van der Waals surface area contributed by atoms with E-state index in [9.17, 15) is 10.2 Å². The van der Waals surface area contributed by atoms with Crippen LogP contribution in [0.3, 0.4) is 0 Å². The monoisotopic (exact) mass is 594 g/mol. The maximum absolute atomic E-state index is 10.3. The summed E-state index contributed by atoms with van der Waals surface area (Å²) in [5.74, 6) is 0. The second-order valence-electron chi connectivity index (χ2n) is 11.4. The van der Waals surface area contributed by atoms with Crippen LogP contribution in [0.5, 0.6) is 0 Å². The Balaban J connectivity index is 1.33. The van der Waals surface area contributed by atoms with E-state index in [0.717, 1.165) is 0 Å². The second kappa shape index (κ2) is 15.0. The third-order valence-electron chi connectivity index (χ3n) is 8.67. The maximum Gasteiger partial charge on any atom is 0.161 e. The van der Waals surface area contributed by atoms with E-state index in [0.29, 0.717) is 25.7 Å². The molecule has 4 rings (SSSR count). The summed E-state index contributed by atoms with van der Waals surface area (Å²) in [4.78, 5) is 0. The van der Waals surface area contributed by atoms with Crippen molar-refractivity contribution in [2.45, 2.75) is 152 Å². The van der Waals surface area contributed by atoms with Crippen LogP contribution in [0.4, 0.5) is 0 Å². The maximum atomic E-state index is 10.3. The van der Waals surface area contributed by atoms with Crippen molar-refractivity contribution in [1.29, 1.82) is 0 Å². The average molecular weight is 595 g/mol. The van der Waals surface area contributed by atoms with Gasteiger partial charge in [0.05, 0.1) is 48.8 Å². The van der Waals surface area contributed by atoms with Gasteiger partial charge >= 0.3 is 0 Å². The number of aliphatic hydroxyl groups is 2. The Morgan fingerprint density at radius 3 is 1.22 bits per heavy atom. The molecule has 4 aliphatic rings. The van der Waals surface area contributed by atoms with Gasteiger partial charge in [0, 0.05) is 54.1 Å². The average Bonchev–Trinajstić information content (AvgIpc) is 2.94. The molecule has 0 amide bonds. The minimum atomic E-state index is -0.891. The third-order valence-corrected chi connectivity index (χ3v) is 8.67. The molecule has 0 radical (unpaired) electrons. The minimum Gasteiger partial charge on any atom is -0.388 e.